The molecule has 9 heteroatoms. The second-order valence-electron chi connectivity index (χ2n) is 6.81. The summed E-state index contributed by atoms with van der Waals surface area (Å²) in [6.07, 6.45) is 6.31. The Morgan fingerprint density at radius 3 is 2.96 bits per heavy atom. The predicted octanol–water partition coefficient (Wildman–Crippen LogP) is 2.07. The number of rotatable bonds is 6. The minimum atomic E-state index is 0.270. The molecular weight excluding hydrogens is 320 g/mol. The Bertz CT molecular complexity index is 895. The molecule has 3 aromatic rings. The lowest BCUT2D eigenvalue weighted by molar-refractivity contribution is -0.0293. The van der Waals surface area contributed by atoms with Gasteiger partial charge >= 0.3 is 0 Å². The van der Waals surface area contributed by atoms with Crippen molar-refractivity contribution in [2.24, 2.45) is 5.92 Å². The predicted molar refractivity (Wildman–Crippen MR) is 92.9 cm³/mol. The molecule has 0 bridgehead atoms. The number of nitrogens with zero attached hydrogens (tertiary/aromatic N) is 5. The average Bonchev–Trinajstić information content (AvgIpc) is 3.13. The van der Waals surface area contributed by atoms with E-state index in [4.69, 9.17) is 4.74 Å². The van der Waals surface area contributed by atoms with Gasteiger partial charge in [0.05, 0.1) is 24.8 Å². The fraction of sp³-hybridized carbons (Fsp3) is 0.500. The first-order valence-electron chi connectivity index (χ1n) is 8.64. The van der Waals surface area contributed by atoms with Crippen molar-refractivity contribution in [3.05, 3.63) is 18.5 Å². The maximum atomic E-state index is 5.19. The molecule has 0 unspecified atom stereocenters. The van der Waals surface area contributed by atoms with Gasteiger partial charge in [-0.3, -0.25) is 0 Å². The number of fused-ring (bicyclic) bond motifs is 1. The van der Waals surface area contributed by atoms with E-state index in [1.807, 2.05) is 23.1 Å². The Morgan fingerprint density at radius 2 is 2.20 bits per heavy atom. The normalized spacial score (nSPS) is 18.9. The van der Waals surface area contributed by atoms with Gasteiger partial charge in [0, 0.05) is 12.2 Å². The molecule has 1 aliphatic carbocycles. The molecule has 1 aliphatic heterocycles. The molecule has 130 valence electrons. The Labute approximate surface area is 144 Å². The van der Waals surface area contributed by atoms with Crippen molar-refractivity contribution in [3.8, 4) is 0 Å². The molecule has 25 heavy (non-hydrogen) atoms. The van der Waals surface area contributed by atoms with E-state index in [9.17, 15) is 0 Å². The van der Waals surface area contributed by atoms with Crippen LogP contribution in [-0.2, 0) is 4.74 Å². The van der Waals surface area contributed by atoms with Crippen LogP contribution in [0.15, 0.2) is 18.5 Å². The lowest BCUT2D eigenvalue weighted by Crippen LogP contribution is -2.30. The van der Waals surface area contributed by atoms with Gasteiger partial charge in [0.2, 0.25) is 5.95 Å². The molecule has 3 aromatic heterocycles. The Balaban J connectivity index is 1.41. The largest absolute Gasteiger partial charge is 0.377 e. The highest BCUT2D eigenvalue weighted by molar-refractivity contribution is 5.88. The monoisotopic (exact) mass is 340 g/mol. The van der Waals surface area contributed by atoms with Crippen molar-refractivity contribution in [2.45, 2.75) is 31.8 Å². The van der Waals surface area contributed by atoms with Gasteiger partial charge in [0.25, 0.3) is 0 Å². The van der Waals surface area contributed by atoms with E-state index < -0.39 is 0 Å². The molecule has 2 fully saturated rings. The standard InChI is InChI=1S/C16H20N8O/c1-9(10-2-3-10)18-15-12-4-5-17-14(12)20-16(21-15)19-13-6-24(23-22-13)11-7-25-8-11/h4-6,9-11H,2-3,7-8H2,1H3,(H3,17,18,19,20,21)/t9-/m0/s1. The van der Waals surface area contributed by atoms with Gasteiger partial charge in [-0.2, -0.15) is 9.97 Å². The molecular formula is C16H20N8O. The van der Waals surface area contributed by atoms with E-state index in [0.717, 1.165) is 22.8 Å². The molecule has 1 saturated heterocycles. The molecule has 3 N–H and O–H groups in total. The van der Waals surface area contributed by atoms with E-state index in [2.05, 4.69) is 42.8 Å². The lowest BCUT2D eigenvalue weighted by Gasteiger charge is -2.25. The van der Waals surface area contributed by atoms with E-state index in [1.54, 1.807) is 0 Å². The highest BCUT2D eigenvalue weighted by Gasteiger charge is 2.28. The summed E-state index contributed by atoms with van der Waals surface area (Å²) in [7, 11) is 0. The number of aromatic amines is 1. The summed E-state index contributed by atoms with van der Waals surface area (Å²) >= 11 is 0. The number of aromatic nitrogens is 6. The fourth-order valence-corrected chi connectivity index (χ4v) is 3.04. The summed E-state index contributed by atoms with van der Waals surface area (Å²) in [6, 6.07) is 2.67. The first-order valence-corrected chi connectivity index (χ1v) is 8.64. The Kier molecular flexibility index (Phi) is 3.34. The average molecular weight is 340 g/mol. The van der Waals surface area contributed by atoms with Gasteiger partial charge < -0.3 is 20.4 Å². The van der Waals surface area contributed by atoms with Gasteiger partial charge in [0.15, 0.2) is 5.82 Å². The number of H-pyrrole nitrogens is 1. The van der Waals surface area contributed by atoms with E-state index in [-0.39, 0.29) is 6.04 Å². The molecule has 0 amide bonds. The molecule has 0 spiro atoms. The number of hydrogen-bond acceptors (Lipinski definition) is 7. The molecule has 0 aromatic carbocycles. The molecule has 5 rings (SSSR count). The van der Waals surface area contributed by atoms with Crippen LogP contribution < -0.4 is 10.6 Å². The van der Waals surface area contributed by atoms with Crippen LogP contribution in [0.2, 0.25) is 0 Å². The highest BCUT2D eigenvalue weighted by Crippen LogP contribution is 2.34. The van der Waals surface area contributed by atoms with Crippen molar-refractivity contribution in [2.75, 3.05) is 23.8 Å². The molecule has 9 nitrogen and oxygen atoms in total. The second kappa shape index (κ2) is 5.69. The first-order chi connectivity index (χ1) is 12.3. The van der Waals surface area contributed by atoms with Crippen LogP contribution in [0.5, 0.6) is 0 Å². The Morgan fingerprint density at radius 1 is 1.32 bits per heavy atom. The van der Waals surface area contributed by atoms with Crippen molar-refractivity contribution in [1.82, 2.24) is 29.9 Å². The summed E-state index contributed by atoms with van der Waals surface area (Å²) < 4.78 is 7.00. The van der Waals surface area contributed by atoms with Gasteiger partial charge in [-0.15, -0.1) is 5.10 Å². The van der Waals surface area contributed by atoms with Crippen molar-refractivity contribution < 1.29 is 4.74 Å². The minimum absolute atomic E-state index is 0.270. The van der Waals surface area contributed by atoms with Crippen LogP contribution in [0.25, 0.3) is 11.0 Å². The molecule has 4 heterocycles. The van der Waals surface area contributed by atoms with Gasteiger partial charge in [-0.1, -0.05) is 5.21 Å². The second-order valence-corrected chi connectivity index (χ2v) is 6.81. The Hall–Kier alpha value is -2.68. The fourth-order valence-electron chi connectivity index (χ4n) is 3.04. The van der Waals surface area contributed by atoms with Crippen LogP contribution in [0, 0.1) is 5.92 Å². The molecule has 2 aliphatic rings. The summed E-state index contributed by atoms with van der Waals surface area (Å²) in [5.74, 6) is 2.70. The number of ether oxygens (including phenoxy) is 1. The smallest absolute Gasteiger partial charge is 0.232 e. The number of anilines is 3. The molecule has 1 saturated carbocycles. The van der Waals surface area contributed by atoms with E-state index in [1.165, 1.54) is 12.8 Å². The molecule has 1 atom stereocenters. The molecule has 0 radical (unpaired) electrons. The zero-order valence-electron chi connectivity index (χ0n) is 13.9. The van der Waals surface area contributed by atoms with Crippen LogP contribution in [-0.4, -0.2) is 49.2 Å². The number of nitrogens with one attached hydrogen (secondary N) is 3. The van der Waals surface area contributed by atoms with Crippen LogP contribution in [0.3, 0.4) is 0 Å². The van der Waals surface area contributed by atoms with E-state index >= 15 is 0 Å². The quantitative estimate of drug-likeness (QED) is 0.631. The summed E-state index contributed by atoms with van der Waals surface area (Å²) in [4.78, 5) is 12.3. The lowest BCUT2D eigenvalue weighted by atomic mass is 10.2. The van der Waals surface area contributed by atoms with Crippen LogP contribution in [0.1, 0.15) is 25.8 Å². The minimum Gasteiger partial charge on any atom is -0.377 e. The van der Waals surface area contributed by atoms with Crippen molar-refractivity contribution >= 4 is 28.6 Å². The van der Waals surface area contributed by atoms with Crippen LogP contribution >= 0.6 is 0 Å². The van der Waals surface area contributed by atoms with Crippen LogP contribution in [0.4, 0.5) is 17.6 Å². The van der Waals surface area contributed by atoms with Crippen molar-refractivity contribution in [1.29, 1.82) is 0 Å². The SMILES string of the molecule is C[C@H](Nc1nc(Nc2cn(C3COC3)nn2)nc2[nH]ccc12)C1CC1. The maximum absolute atomic E-state index is 5.19. The summed E-state index contributed by atoms with van der Waals surface area (Å²) in [5.41, 5.74) is 0.794. The zero-order valence-corrected chi connectivity index (χ0v) is 13.9. The van der Waals surface area contributed by atoms with E-state index in [0.29, 0.717) is 31.0 Å². The van der Waals surface area contributed by atoms with Gasteiger partial charge in [-0.05, 0) is 31.7 Å². The zero-order chi connectivity index (χ0) is 16.8. The summed E-state index contributed by atoms with van der Waals surface area (Å²) in [5, 5.41) is 16.0. The van der Waals surface area contributed by atoms with Gasteiger partial charge in [-0.25, -0.2) is 4.68 Å². The topological polar surface area (TPSA) is 106 Å². The highest BCUT2D eigenvalue weighted by atomic mass is 16.5. The van der Waals surface area contributed by atoms with Gasteiger partial charge in [0.1, 0.15) is 17.5 Å². The first kappa shape index (κ1) is 14.6. The summed E-state index contributed by atoms with van der Waals surface area (Å²) in [6.45, 7) is 3.57. The van der Waals surface area contributed by atoms with Crippen molar-refractivity contribution in [3.63, 3.8) is 0 Å². The third-order valence-electron chi connectivity index (χ3n) is 4.85. The third kappa shape index (κ3) is 2.80. The maximum Gasteiger partial charge on any atom is 0.232 e. The third-order valence-corrected chi connectivity index (χ3v) is 4.85. The number of hydrogen-bond donors (Lipinski definition) is 3.